The van der Waals surface area contributed by atoms with Gasteiger partial charge in [0, 0.05) is 27.4 Å². The van der Waals surface area contributed by atoms with Crippen LogP contribution in [0.3, 0.4) is 0 Å². The molecular formula is C39H76O5S4. The summed E-state index contributed by atoms with van der Waals surface area (Å²) in [6, 6.07) is 0. The minimum absolute atomic E-state index is 0.0196. The van der Waals surface area contributed by atoms with Crippen LogP contribution in [-0.2, 0) is 23.7 Å². The summed E-state index contributed by atoms with van der Waals surface area (Å²) in [7, 11) is 0. The molecule has 5 saturated heterocycles. The Morgan fingerprint density at radius 1 is 0.479 bits per heavy atom. The Labute approximate surface area is 315 Å². The summed E-state index contributed by atoms with van der Waals surface area (Å²) in [6.45, 7) is 30.6. The summed E-state index contributed by atoms with van der Waals surface area (Å²) in [5.41, 5.74) is 2.02. The lowest BCUT2D eigenvalue weighted by atomic mass is 9.92. The molecule has 5 aliphatic heterocycles. The van der Waals surface area contributed by atoms with E-state index in [0.717, 1.165) is 66.5 Å². The van der Waals surface area contributed by atoms with E-state index < -0.39 is 0 Å². The minimum atomic E-state index is 0.0196. The largest absolute Gasteiger partial charge is 0.368 e. The molecule has 286 valence electrons. The van der Waals surface area contributed by atoms with Gasteiger partial charge in [-0.15, -0.1) is 35.3 Å². The van der Waals surface area contributed by atoms with Crippen molar-refractivity contribution in [2.75, 3.05) is 56.0 Å². The molecule has 6 aliphatic rings. The highest BCUT2D eigenvalue weighted by Crippen LogP contribution is 2.32. The van der Waals surface area contributed by atoms with Crippen LogP contribution in [0.5, 0.6) is 0 Å². The predicted octanol–water partition coefficient (Wildman–Crippen LogP) is 11.5. The fourth-order valence-corrected chi connectivity index (χ4v) is 9.33. The average molecular weight is 753 g/mol. The second-order valence-electron chi connectivity index (χ2n) is 15.1. The van der Waals surface area contributed by atoms with E-state index in [1.54, 1.807) is 5.57 Å². The summed E-state index contributed by atoms with van der Waals surface area (Å²) in [4.78, 5) is 0. The van der Waals surface area contributed by atoms with Gasteiger partial charge in [-0.3, -0.25) is 0 Å². The van der Waals surface area contributed by atoms with Crippen molar-refractivity contribution in [2.45, 2.75) is 143 Å². The molecule has 0 amide bonds. The molecular weight excluding hydrogens is 677 g/mol. The van der Waals surface area contributed by atoms with Gasteiger partial charge < -0.3 is 23.7 Å². The summed E-state index contributed by atoms with van der Waals surface area (Å²) in [5, 5.41) is 0.936. The van der Waals surface area contributed by atoms with Crippen LogP contribution in [-0.4, -0.2) is 83.9 Å². The van der Waals surface area contributed by atoms with Crippen LogP contribution >= 0.6 is 47.0 Å². The van der Waals surface area contributed by atoms with Crippen LogP contribution in [0, 0.1) is 35.5 Å². The number of allylic oxidation sites excluding steroid dienone is 2. The molecule has 5 fully saturated rings. The molecule has 5 atom stereocenters. The van der Waals surface area contributed by atoms with Crippen LogP contribution in [0.15, 0.2) is 11.6 Å². The lowest BCUT2D eigenvalue weighted by Crippen LogP contribution is -2.27. The molecule has 0 bridgehead atoms. The maximum atomic E-state index is 5.35. The topological polar surface area (TPSA) is 46.2 Å². The maximum absolute atomic E-state index is 5.35. The molecule has 0 spiro atoms. The Balaban J connectivity index is 0.000000288. The first kappa shape index (κ1) is 47.0. The van der Waals surface area contributed by atoms with Gasteiger partial charge in [0.1, 0.15) is 0 Å². The average Bonchev–Trinajstić information content (AvgIpc) is 3.07. The van der Waals surface area contributed by atoms with E-state index in [4.69, 9.17) is 23.7 Å². The normalized spacial score (nSPS) is 38.1. The van der Waals surface area contributed by atoms with Gasteiger partial charge >= 0.3 is 0 Å². The van der Waals surface area contributed by atoms with Gasteiger partial charge in [0.25, 0.3) is 0 Å². The Morgan fingerprint density at radius 3 is 1.27 bits per heavy atom. The van der Waals surface area contributed by atoms with Gasteiger partial charge in [0.2, 0.25) is 0 Å². The Hall–Kier alpha value is 0.940. The molecule has 0 radical (unpaired) electrons. The van der Waals surface area contributed by atoms with Crippen LogP contribution < -0.4 is 0 Å². The van der Waals surface area contributed by atoms with Gasteiger partial charge in [0.15, 0.2) is 12.6 Å². The lowest BCUT2D eigenvalue weighted by Gasteiger charge is -2.24. The summed E-state index contributed by atoms with van der Waals surface area (Å²) >= 11 is 8.21. The maximum Gasteiger partial charge on any atom is 0.154 e. The third-order valence-corrected chi connectivity index (χ3v) is 14.8. The van der Waals surface area contributed by atoms with Gasteiger partial charge in [0.05, 0.1) is 38.5 Å². The number of rotatable bonds is 0. The predicted molar refractivity (Wildman–Crippen MR) is 219 cm³/mol. The molecule has 5 unspecified atom stereocenters. The van der Waals surface area contributed by atoms with E-state index in [1.165, 1.54) is 55.1 Å². The van der Waals surface area contributed by atoms with Crippen molar-refractivity contribution >= 4 is 47.0 Å². The molecule has 5 heterocycles. The molecule has 0 aromatic rings. The van der Waals surface area contributed by atoms with Crippen LogP contribution in [0.2, 0.25) is 0 Å². The fraction of sp³-hybridized carbons (Fsp3) is 0.949. The standard InChI is InChI=1S/C8H14.C7H14S.2C6H12O2.C6H12OS.C6H12S2/c1-7-3-5-8(2)6-4-7;1-6-3-4-7(2)8-5-6;4*1-5-3-7-6(2)8-4-5/h3,8H,4-6H2,1-2H3;6-7H,3-5H2,1-2H3;4*5-6H,3-4H2,1-2H3. The molecule has 48 heavy (non-hydrogen) atoms. The number of hydrogen-bond acceptors (Lipinski definition) is 9. The second kappa shape index (κ2) is 28.4. The molecule has 0 saturated carbocycles. The molecule has 0 aromatic heterocycles. The van der Waals surface area contributed by atoms with Gasteiger partial charge in [-0.25, -0.2) is 0 Å². The van der Waals surface area contributed by atoms with Crippen molar-refractivity contribution in [3.05, 3.63) is 11.6 Å². The smallest absolute Gasteiger partial charge is 0.154 e. The van der Waals surface area contributed by atoms with Crippen molar-refractivity contribution in [3.8, 4) is 0 Å². The quantitative estimate of drug-likeness (QED) is 0.225. The van der Waals surface area contributed by atoms with Gasteiger partial charge in [-0.05, 0) is 108 Å². The van der Waals surface area contributed by atoms with Crippen LogP contribution in [0.25, 0.3) is 0 Å². The molecule has 0 N–H and O–H groups in total. The Bertz CT molecular complexity index is 598. The zero-order chi connectivity index (χ0) is 35.9. The van der Waals surface area contributed by atoms with Crippen molar-refractivity contribution in [1.82, 2.24) is 0 Å². The minimum Gasteiger partial charge on any atom is -0.368 e. The van der Waals surface area contributed by atoms with Gasteiger partial charge in [-0.2, -0.15) is 11.8 Å². The van der Waals surface area contributed by atoms with Crippen LogP contribution in [0.1, 0.15) is 115 Å². The molecule has 1 aliphatic carbocycles. The monoisotopic (exact) mass is 752 g/mol. The molecule has 0 aromatic carbocycles. The van der Waals surface area contributed by atoms with Crippen molar-refractivity contribution < 1.29 is 23.7 Å². The van der Waals surface area contributed by atoms with E-state index in [1.807, 2.05) is 25.6 Å². The molecule has 9 heteroatoms. The van der Waals surface area contributed by atoms with Crippen LogP contribution in [0.4, 0.5) is 0 Å². The SMILES string of the molecule is CC1=CCC(C)CC1.CC1CCC(C)SC1.CC1COC(C)OC1.CC1COC(C)OC1.CC1COC(C)SC1.CC1CSC(C)SC1. The zero-order valence-corrected chi connectivity index (χ0v) is 36.3. The highest BCUT2D eigenvalue weighted by Gasteiger charge is 2.16. The third kappa shape index (κ3) is 26.7. The van der Waals surface area contributed by atoms with E-state index >= 15 is 0 Å². The highest BCUT2D eigenvalue weighted by atomic mass is 32.2. The third-order valence-electron chi connectivity index (χ3n) is 8.56. The summed E-state index contributed by atoms with van der Waals surface area (Å²) in [5.74, 6) is 10.2. The highest BCUT2D eigenvalue weighted by molar-refractivity contribution is 8.17. The number of ether oxygens (including phenoxy) is 5. The van der Waals surface area contributed by atoms with E-state index in [2.05, 4.69) is 111 Å². The van der Waals surface area contributed by atoms with E-state index in [-0.39, 0.29) is 12.6 Å². The van der Waals surface area contributed by atoms with E-state index in [9.17, 15) is 0 Å². The lowest BCUT2D eigenvalue weighted by molar-refractivity contribution is -0.187. The first-order valence-corrected chi connectivity index (χ1v) is 23.1. The number of hydrogen-bond donors (Lipinski definition) is 0. The van der Waals surface area contributed by atoms with Crippen molar-refractivity contribution in [3.63, 3.8) is 0 Å². The van der Waals surface area contributed by atoms with Crippen molar-refractivity contribution in [1.29, 1.82) is 0 Å². The summed E-state index contributed by atoms with van der Waals surface area (Å²) in [6.07, 6.45) is 9.35. The number of thioether (sulfide) groups is 4. The molecule has 6 rings (SSSR count). The molecule has 5 nitrogen and oxygen atoms in total. The first-order chi connectivity index (χ1) is 22.7. The second-order valence-corrected chi connectivity index (χ2v) is 21.0. The fourth-order valence-electron chi connectivity index (χ4n) is 4.89. The van der Waals surface area contributed by atoms with Crippen molar-refractivity contribution in [2.24, 2.45) is 35.5 Å². The first-order valence-electron chi connectivity index (χ1n) is 18.9. The van der Waals surface area contributed by atoms with E-state index in [0.29, 0.717) is 17.3 Å². The zero-order valence-electron chi connectivity index (χ0n) is 33.0. The van der Waals surface area contributed by atoms with Gasteiger partial charge in [-0.1, -0.05) is 60.1 Å². The Kier molecular flexibility index (Phi) is 27.8. The summed E-state index contributed by atoms with van der Waals surface area (Å²) < 4.78 is 26.9. The Morgan fingerprint density at radius 2 is 0.958 bits per heavy atom.